The molecular formula is C22H32N2O3. The Bertz CT molecular complexity index is 746. The number of aryl methyl sites for hydroxylation is 1. The number of nitrogens with zero attached hydrogens (tertiary/aromatic N) is 1. The summed E-state index contributed by atoms with van der Waals surface area (Å²) >= 11 is 0. The van der Waals surface area contributed by atoms with E-state index < -0.39 is 0 Å². The van der Waals surface area contributed by atoms with E-state index in [1.807, 2.05) is 26.0 Å². The van der Waals surface area contributed by atoms with Crippen LogP contribution >= 0.6 is 0 Å². The van der Waals surface area contributed by atoms with Crippen LogP contribution in [0.15, 0.2) is 24.3 Å². The van der Waals surface area contributed by atoms with Gasteiger partial charge < -0.3 is 15.2 Å². The largest absolute Gasteiger partial charge is 0.496 e. The van der Waals surface area contributed by atoms with Crippen LogP contribution in [0, 0.1) is 6.92 Å². The number of rotatable bonds is 12. The Morgan fingerprint density at radius 2 is 1.96 bits per heavy atom. The number of ether oxygens (including phenoxy) is 2. The van der Waals surface area contributed by atoms with Crippen molar-refractivity contribution in [2.24, 2.45) is 5.73 Å². The number of carbonyl (C=O) groups is 1. The van der Waals surface area contributed by atoms with E-state index in [1.165, 1.54) is 0 Å². The van der Waals surface area contributed by atoms with Crippen LogP contribution in [0.2, 0.25) is 0 Å². The number of Topliss-reactive ketones (excluding diaryl/α,β-unsaturated/α-hetero) is 1. The molecule has 1 heterocycles. The average Bonchev–Trinajstić information content (AvgIpc) is 2.67. The second-order valence-corrected chi connectivity index (χ2v) is 7.00. The maximum Gasteiger partial charge on any atom is 0.132 e. The standard InChI is InChI=1S/C22H32N2O3/c1-4-19(25)9-7-5-6-8-10-22(23)27-15-18-13-17-12-11-16(2)24-20(17)14-21(18)26-3/h11-14,22H,4-10,15,23H2,1-3H3. The van der Waals surface area contributed by atoms with Crippen LogP contribution in [-0.4, -0.2) is 24.1 Å². The molecule has 0 amide bonds. The van der Waals surface area contributed by atoms with Gasteiger partial charge in [-0.05, 0) is 38.3 Å². The Kier molecular flexibility index (Phi) is 8.69. The fourth-order valence-electron chi connectivity index (χ4n) is 3.08. The molecule has 0 spiro atoms. The third-order valence-electron chi connectivity index (χ3n) is 4.77. The number of nitrogens with two attached hydrogens (primary N) is 1. The molecule has 2 aromatic rings. The molecule has 0 aliphatic carbocycles. The number of carbonyl (C=O) groups excluding carboxylic acids is 1. The van der Waals surface area contributed by atoms with E-state index in [4.69, 9.17) is 15.2 Å². The molecule has 1 atom stereocenters. The molecule has 2 N–H and O–H groups in total. The lowest BCUT2D eigenvalue weighted by atomic mass is 10.1. The van der Waals surface area contributed by atoms with Gasteiger partial charge in [0, 0.05) is 35.6 Å². The van der Waals surface area contributed by atoms with Gasteiger partial charge in [0.25, 0.3) is 0 Å². The summed E-state index contributed by atoms with van der Waals surface area (Å²) in [7, 11) is 1.66. The second-order valence-electron chi connectivity index (χ2n) is 7.00. The Morgan fingerprint density at radius 1 is 1.19 bits per heavy atom. The molecule has 5 heteroatoms. The fourth-order valence-corrected chi connectivity index (χ4v) is 3.08. The SMILES string of the molecule is CCC(=O)CCCCCCC(N)OCc1cc2ccc(C)nc2cc1OC. The lowest BCUT2D eigenvalue weighted by Gasteiger charge is -2.15. The molecule has 1 aromatic heterocycles. The van der Waals surface area contributed by atoms with Crippen LogP contribution in [0.1, 0.15) is 63.1 Å². The molecule has 0 aliphatic heterocycles. The summed E-state index contributed by atoms with van der Waals surface area (Å²) in [6, 6.07) is 8.06. The first-order chi connectivity index (χ1) is 13.0. The highest BCUT2D eigenvalue weighted by atomic mass is 16.5. The molecule has 2 rings (SSSR count). The summed E-state index contributed by atoms with van der Waals surface area (Å²) in [4.78, 5) is 15.8. The zero-order chi connectivity index (χ0) is 19.6. The lowest BCUT2D eigenvalue weighted by Crippen LogP contribution is -2.23. The van der Waals surface area contributed by atoms with Crippen LogP contribution in [-0.2, 0) is 16.1 Å². The molecule has 1 unspecified atom stereocenters. The van der Waals surface area contributed by atoms with Gasteiger partial charge in [0.15, 0.2) is 0 Å². The summed E-state index contributed by atoms with van der Waals surface area (Å²) in [6.07, 6.45) is 6.02. The number of ketones is 1. The van der Waals surface area contributed by atoms with Gasteiger partial charge in [0.05, 0.1) is 19.2 Å². The average molecular weight is 373 g/mol. The van der Waals surface area contributed by atoms with Gasteiger partial charge in [-0.25, -0.2) is 0 Å². The number of hydrogen-bond donors (Lipinski definition) is 1. The summed E-state index contributed by atoms with van der Waals surface area (Å²) in [6.45, 7) is 4.31. The smallest absolute Gasteiger partial charge is 0.132 e. The molecule has 1 aromatic carbocycles. The molecule has 0 aliphatic rings. The normalized spacial score (nSPS) is 12.3. The van der Waals surface area contributed by atoms with E-state index in [1.54, 1.807) is 7.11 Å². The third kappa shape index (κ3) is 6.92. The van der Waals surface area contributed by atoms with E-state index >= 15 is 0 Å². The molecule has 148 valence electrons. The van der Waals surface area contributed by atoms with E-state index in [2.05, 4.69) is 17.1 Å². The Labute approximate surface area is 162 Å². The minimum absolute atomic E-state index is 0.293. The van der Waals surface area contributed by atoms with Crippen molar-refractivity contribution in [3.63, 3.8) is 0 Å². The van der Waals surface area contributed by atoms with Gasteiger partial charge in [-0.2, -0.15) is 0 Å². The Morgan fingerprint density at radius 3 is 2.70 bits per heavy atom. The van der Waals surface area contributed by atoms with E-state index in [-0.39, 0.29) is 6.23 Å². The lowest BCUT2D eigenvalue weighted by molar-refractivity contribution is -0.118. The zero-order valence-electron chi connectivity index (χ0n) is 16.8. The number of unbranched alkanes of at least 4 members (excludes halogenated alkanes) is 3. The molecular weight excluding hydrogens is 340 g/mol. The molecule has 0 bridgehead atoms. The highest BCUT2D eigenvalue weighted by Gasteiger charge is 2.10. The van der Waals surface area contributed by atoms with Crippen molar-refractivity contribution in [3.05, 3.63) is 35.5 Å². The predicted molar refractivity (Wildman–Crippen MR) is 109 cm³/mol. The van der Waals surface area contributed by atoms with Crippen molar-refractivity contribution < 1.29 is 14.3 Å². The predicted octanol–water partition coefficient (Wildman–Crippen LogP) is 4.67. The van der Waals surface area contributed by atoms with Gasteiger partial charge in [-0.15, -0.1) is 0 Å². The number of aromatic nitrogens is 1. The van der Waals surface area contributed by atoms with Crippen LogP contribution in [0.25, 0.3) is 10.9 Å². The monoisotopic (exact) mass is 372 g/mol. The van der Waals surface area contributed by atoms with Crippen molar-refractivity contribution >= 4 is 16.7 Å². The van der Waals surface area contributed by atoms with Gasteiger partial charge in [0.2, 0.25) is 0 Å². The Balaban J connectivity index is 1.78. The van der Waals surface area contributed by atoms with Gasteiger partial charge in [-0.1, -0.05) is 25.8 Å². The van der Waals surface area contributed by atoms with Crippen LogP contribution < -0.4 is 10.5 Å². The van der Waals surface area contributed by atoms with Gasteiger partial charge in [0.1, 0.15) is 17.8 Å². The molecule has 0 saturated heterocycles. The molecule has 0 fully saturated rings. The summed E-state index contributed by atoms with van der Waals surface area (Å²) < 4.78 is 11.3. The van der Waals surface area contributed by atoms with Crippen LogP contribution in [0.4, 0.5) is 0 Å². The number of methoxy groups -OCH3 is 1. The minimum Gasteiger partial charge on any atom is -0.496 e. The fraction of sp³-hybridized carbons (Fsp3) is 0.545. The molecule has 0 radical (unpaired) electrons. The van der Waals surface area contributed by atoms with E-state index in [9.17, 15) is 4.79 Å². The van der Waals surface area contributed by atoms with Crippen LogP contribution in [0.5, 0.6) is 5.75 Å². The van der Waals surface area contributed by atoms with Crippen molar-refractivity contribution in [1.29, 1.82) is 0 Å². The van der Waals surface area contributed by atoms with Gasteiger partial charge >= 0.3 is 0 Å². The number of pyridine rings is 1. The van der Waals surface area contributed by atoms with Crippen molar-refractivity contribution in [1.82, 2.24) is 4.98 Å². The summed E-state index contributed by atoms with van der Waals surface area (Å²) in [5.41, 5.74) is 8.98. The minimum atomic E-state index is -0.293. The molecule has 27 heavy (non-hydrogen) atoms. The first kappa shape index (κ1) is 21.3. The Hall–Kier alpha value is -1.98. The third-order valence-corrected chi connectivity index (χ3v) is 4.77. The quantitative estimate of drug-likeness (QED) is 0.433. The van der Waals surface area contributed by atoms with Crippen LogP contribution in [0.3, 0.4) is 0 Å². The highest BCUT2D eigenvalue weighted by molar-refractivity contribution is 5.81. The second kappa shape index (κ2) is 11.0. The molecule has 0 saturated carbocycles. The first-order valence-electron chi connectivity index (χ1n) is 9.86. The van der Waals surface area contributed by atoms with E-state index in [0.29, 0.717) is 25.2 Å². The number of fused-ring (bicyclic) bond motifs is 1. The van der Waals surface area contributed by atoms with Crippen molar-refractivity contribution in [3.8, 4) is 5.75 Å². The summed E-state index contributed by atoms with van der Waals surface area (Å²) in [5.74, 6) is 1.12. The maximum absolute atomic E-state index is 11.3. The van der Waals surface area contributed by atoms with Gasteiger partial charge in [-0.3, -0.25) is 9.78 Å². The highest BCUT2D eigenvalue weighted by Crippen LogP contribution is 2.26. The van der Waals surface area contributed by atoms with E-state index in [0.717, 1.165) is 60.0 Å². The number of benzene rings is 1. The van der Waals surface area contributed by atoms with Crippen molar-refractivity contribution in [2.45, 2.75) is 71.6 Å². The summed E-state index contributed by atoms with van der Waals surface area (Å²) in [5, 5.41) is 1.06. The van der Waals surface area contributed by atoms with Crippen molar-refractivity contribution in [2.75, 3.05) is 7.11 Å². The maximum atomic E-state index is 11.3. The zero-order valence-corrected chi connectivity index (χ0v) is 16.8. The first-order valence-corrected chi connectivity index (χ1v) is 9.86. The molecule has 5 nitrogen and oxygen atoms in total. The topological polar surface area (TPSA) is 74.4 Å². The number of hydrogen-bond acceptors (Lipinski definition) is 5.